The van der Waals surface area contributed by atoms with Crippen molar-refractivity contribution in [3.05, 3.63) is 59.7 Å². The summed E-state index contributed by atoms with van der Waals surface area (Å²) in [6.07, 6.45) is 3.43. The van der Waals surface area contributed by atoms with Gasteiger partial charge in [0.25, 0.3) is 0 Å². The van der Waals surface area contributed by atoms with Crippen molar-refractivity contribution in [2.45, 2.75) is 20.4 Å². The molecule has 3 aromatic rings. The summed E-state index contributed by atoms with van der Waals surface area (Å²) in [6.45, 7) is 8.37. The van der Waals surface area contributed by atoms with Crippen molar-refractivity contribution >= 4 is 11.6 Å². The van der Waals surface area contributed by atoms with Crippen molar-refractivity contribution in [1.29, 1.82) is 0 Å². The number of hydrogen-bond donors (Lipinski definition) is 1. The van der Waals surface area contributed by atoms with Crippen molar-refractivity contribution in [2.24, 2.45) is 0 Å². The first-order chi connectivity index (χ1) is 14.6. The Morgan fingerprint density at radius 2 is 1.80 bits per heavy atom. The van der Waals surface area contributed by atoms with Gasteiger partial charge in [0.1, 0.15) is 0 Å². The number of amides is 1. The fourth-order valence-corrected chi connectivity index (χ4v) is 3.62. The molecule has 0 bridgehead atoms. The zero-order chi connectivity index (χ0) is 20.9. The number of rotatable bonds is 6. The second kappa shape index (κ2) is 9.15. The molecule has 4 rings (SSSR count). The molecule has 0 spiro atoms. The molecule has 30 heavy (non-hydrogen) atoms. The normalized spacial score (nSPS) is 15.3. The molecule has 1 saturated heterocycles. The van der Waals surface area contributed by atoms with Gasteiger partial charge in [-0.2, -0.15) is 4.98 Å². The van der Waals surface area contributed by atoms with Gasteiger partial charge in [0, 0.05) is 49.8 Å². The molecule has 2 aromatic heterocycles. The molecule has 1 N–H and O–H groups in total. The van der Waals surface area contributed by atoms with Crippen LogP contribution in [0, 0.1) is 13.8 Å². The Labute approximate surface area is 175 Å². The number of nitrogens with zero attached hydrogens (tertiary/aromatic N) is 5. The third-order valence-electron chi connectivity index (χ3n) is 5.32. The van der Waals surface area contributed by atoms with Gasteiger partial charge in [-0.25, -0.2) is 0 Å². The molecular weight excluding hydrogens is 380 g/mol. The van der Waals surface area contributed by atoms with Crippen molar-refractivity contribution < 1.29 is 9.32 Å². The zero-order valence-corrected chi connectivity index (χ0v) is 17.3. The van der Waals surface area contributed by atoms with Gasteiger partial charge >= 0.3 is 0 Å². The molecule has 8 heteroatoms. The summed E-state index contributed by atoms with van der Waals surface area (Å²) < 4.78 is 5.39. The topological polar surface area (TPSA) is 87.4 Å². The number of carbonyl (C=O) groups is 1. The van der Waals surface area contributed by atoms with Crippen LogP contribution >= 0.6 is 0 Å². The molecule has 0 unspecified atom stereocenters. The van der Waals surface area contributed by atoms with E-state index in [1.165, 1.54) is 0 Å². The number of anilines is 1. The number of carbonyl (C=O) groups excluding carboxylic acids is 1. The smallest absolute Gasteiger partial charge is 0.241 e. The minimum atomic E-state index is 0.0267. The molecule has 1 aliphatic rings. The summed E-state index contributed by atoms with van der Waals surface area (Å²) in [5.41, 5.74) is 3.92. The number of pyridine rings is 1. The number of benzene rings is 1. The molecule has 1 aliphatic heterocycles. The average Bonchev–Trinajstić information content (AvgIpc) is 3.21. The molecule has 0 atom stereocenters. The molecule has 0 aliphatic carbocycles. The molecule has 1 aromatic carbocycles. The van der Waals surface area contributed by atoms with E-state index in [1.54, 1.807) is 12.4 Å². The van der Waals surface area contributed by atoms with Crippen LogP contribution in [0.15, 0.2) is 47.2 Å². The van der Waals surface area contributed by atoms with Crippen LogP contribution in [0.2, 0.25) is 0 Å². The van der Waals surface area contributed by atoms with Crippen LogP contribution in [-0.4, -0.2) is 63.6 Å². The Bertz CT molecular complexity index is 976. The first-order valence-corrected chi connectivity index (χ1v) is 10.1. The van der Waals surface area contributed by atoms with Gasteiger partial charge in [0.05, 0.1) is 13.1 Å². The van der Waals surface area contributed by atoms with Crippen LogP contribution in [0.25, 0.3) is 11.4 Å². The van der Waals surface area contributed by atoms with Crippen LogP contribution in [0.4, 0.5) is 5.69 Å². The highest BCUT2D eigenvalue weighted by atomic mass is 16.5. The number of para-hydroxylation sites is 1. The van der Waals surface area contributed by atoms with Crippen LogP contribution in [-0.2, 0) is 11.3 Å². The number of hydrogen-bond acceptors (Lipinski definition) is 7. The molecule has 1 amide bonds. The van der Waals surface area contributed by atoms with Gasteiger partial charge < -0.3 is 9.84 Å². The lowest BCUT2D eigenvalue weighted by Gasteiger charge is -2.33. The molecule has 156 valence electrons. The fourth-order valence-electron chi connectivity index (χ4n) is 3.62. The lowest BCUT2D eigenvalue weighted by Crippen LogP contribution is -2.48. The molecule has 3 heterocycles. The summed E-state index contributed by atoms with van der Waals surface area (Å²) in [5.74, 6) is 1.17. The Hall–Kier alpha value is -3.10. The Balaban J connectivity index is 1.25. The minimum absolute atomic E-state index is 0.0267. The summed E-state index contributed by atoms with van der Waals surface area (Å²) in [4.78, 5) is 25.5. The van der Waals surface area contributed by atoms with Crippen molar-refractivity contribution in [3.63, 3.8) is 0 Å². The largest absolute Gasteiger partial charge is 0.338 e. The summed E-state index contributed by atoms with van der Waals surface area (Å²) >= 11 is 0. The lowest BCUT2D eigenvalue weighted by atomic mass is 10.1. The zero-order valence-electron chi connectivity index (χ0n) is 17.3. The maximum Gasteiger partial charge on any atom is 0.241 e. The van der Waals surface area contributed by atoms with Crippen molar-refractivity contribution in [3.8, 4) is 11.4 Å². The third-order valence-corrected chi connectivity index (χ3v) is 5.32. The Kier molecular flexibility index (Phi) is 6.15. The maximum absolute atomic E-state index is 12.5. The predicted octanol–water partition coefficient (Wildman–Crippen LogP) is 2.50. The summed E-state index contributed by atoms with van der Waals surface area (Å²) in [5, 5.41) is 7.11. The highest BCUT2D eigenvalue weighted by Crippen LogP contribution is 2.19. The van der Waals surface area contributed by atoms with Crippen LogP contribution in [0.3, 0.4) is 0 Å². The first-order valence-electron chi connectivity index (χ1n) is 10.1. The van der Waals surface area contributed by atoms with Crippen LogP contribution in [0.5, 0.6) is 0 Å². The number of aryl methyl sites for hydroxylation is 2. The van der Waals surface area contributed by atoms with E-state index in [-0.39, 0.29) is 5.91 Å². The first kappa shape index (κ1) is 20.2. The number of piperazine rings is 1. The molecular formula is C22H26N6O2. The fraction of sp³-hybridized carbons (Fsp3) is 0.364. The van der Waals surface area contributed by atoms with E-state index < -0.39 is 0 Å². The third kappa shape index (κ3) is 4.90. The minimum Gasteiger partial charge on any atom is -0.338 e. The average molecular weight is 406 g/mol. The molecule has 0 saturated carbocycles. The van der Waals surface area contributed by atoms with Gasteiger partial charge in [0.2, 0.25) is 17.6 Å². The predicted molar refractivity (Wildman–Crippen MR) is 114 cm³/mol. The van der Waals surface area contributed by atoms with E-state index in [0.717, 1.165) is 48.6 Å². The van der Waals surface area contributed by atoms with E-state index in [2.05, 4.69) is 30.2 Å². The van der Waals surface area contributed by atoms with Gasteiger partial charge in [-0.05, 0) is 37.1 Å². The lowest BCUT2D eigenvalue weighted by molar-refractivity contribution is -0.117. The van der Waals surface area contributed by atoms with Crippen molar-refractivity contribution in [2.75, 3.05) is 38.0 Å². The van der Waals surface area contributed by atoms with Gasteiger partial charge in [-0.1, -0.05) is 23.4 Å². The second-order valence-corrected chi connectivity index (χ2v) is 7.62. The Morgan fingerprint density at radius 1 is 1.07 bits per heavy atom. The van der Waals surface area contributed by atoms with Crippen LogP contribution < -0.4 is 5.32 Å². The highest BCUT2D eigenvalue weighted by Gasteiger charge is 2.21. The highest BCUT2D eigenvalue weighted by molar-refractivity contribution is 5.93. The quantitative estimate of drug-likeness (QED) is 0.673. The standard InChI is InChI=1S/C22H26N6O2/c1-16-5-3-6-17(2)21(16)24-19(29)14-27-9-11-28(12-10-27)15-20-25-22(26-30-20)18-7-4-8-23-13-18/h3-8,13H,9-12,14-15H2,1-2H3,(H,24,29). The van der Waals surface area contributed by atoms with E-state index in [9.17, 15) is 4.79 Å². The number of nitrogens with one attached hydrogen (secondary N) is 1. The monoisotopic (exact) mass is 406 g/mol. The van der Waals surface area contributed by atoms with Gasteiger partial charge in [-0.3, -0.25) is 19.6 Å². The van der Waals surface area contributed by atoms with E-state index >= 15 is 0 Å². The summed E-state index contributed by atoms with van der Waals surface area (Å²) in [6, 6.07) is 9.78. The van der Waals surface area contributed by atoms with Gasteiger partial charge in [-0.15, -0.1) is 0 Å². The van der Waals surface area contributed by atoms with E-state index in [1.807, 2.05) is 44.2 Å². The SMILES string of the molecule is Cc1cccc(C)c1NC(=O)CN1CCN(Cc2nc(-c3cccnc3)no2)CC1. The molecule has 0 radical (unpaired) electrons. The van der Waals surface area contributed by atoms with Gasteiger partial charge in [0.15, 0.2) is 0 Å². The Morgan fingerprint density at radius 3 is 2.50 bits per heavy atom. The molecule has 8 nitrogen and oxygen atoms in total. The van der Waals surface area contributed by atoms with Crippen LogP contribution in [0.1, 0.15) is 17.0 Å². The van der Waals surface area contributed by atoms with Crippen molar-refractivity contribution in [1.82, 2.24) is 24.9 Å². The molecule has 1 fully saturated rings. The number of aromatic nitrogens is 3. The second-order valence-electron chi connectivity index (χ2n) is 7.62. The maximum atomic E-state index is 12.5. The van der Waals surface area contributed by atoms with E-state index in [0.29, 0.717) is 24.8 Å². The summed E-state index contributed by atoms with van der Waals surface area (Å²) in [7, 11) is 0. The van der Waals surface area contributed by atoms with E-state index in [4.69, 9.17) is 4.52 Å².